The zero-order chi connectivity index (χ0) is 15.6. The van der Waals surface area contributed by atoms with Crippen LogP contribution in [-0.2, 0) is 6.18 Å². The Morgan fingerprint density at radius 2 is 1.67 bits per heavy atom. The third-order valence-electron chi connectivity index (χ3n) is 2.51. The average molecular weight is 332 g/mol. The Hall–Kier alpha value is -1.90. The van der Waals surface area contributed by atoms with Crippen molar-refractivity contribution in [2.75, 3.05) is 0 Å². The lowest BCUT2D eigenvalue weighted by Gasteiger charge is -2.12. The molecule has 0 saturated heterocycles. The molecule has 0 aliphatic rings. The highest BCUT2D eigenvalue weighted by Gasteiger charge is 2.30. The molecule has 0 aliphatic carbocycles. The fourth-order valence-electron chi connectivity index (χ4n) is 1.58. The van der Waals surface area contributed by atoms with Crippen LogP contribution in [0.25, 0.3) is 0 Å². The second kappa shape index (κ2) is 5.84. The number of benzene rings is 2. The van der Waals surface area contributed by atoms with Crippen LogP contribution in [-0.4, -0.2) is 0 Å². The van der Waals surface area contributed by atoms with Crippen molar-refractivity contribution < 1.29 is 17.9 Å². The largest absolute Gasteiger partial charge is 0.454 e. The molecule has 0 saturated carbocycles. The maximum absolute atomic E-state index is 12.6. The minimum atomic E-state index is -4.47. The number of nitrogens with zero attached hydrogens (tertiary/aromatic N) is 1. The first kappa shape index (κ1) is 15.5. The fourth-order valence-corrected chi connectivity index (χ4v) is 2.14. The molecule has 0 spiro atoms. The summed E-state index contributed by atoms with van der Waals surface area (Å²) in [5.41, 5.74) is -0.623. The van der Waals surface area contributed by atoms with E-state index in [2.05, 4.69) is 0 Å². The second-order valence-corrected chi connectivity index (χ2v) is 4.82. The lowest BCUT2D eigenvalue weighted by molar-refractivity contribution is -0.137. The summed E-state index contributed by atoms with van der Waals surface area (Å²) >= 11 is 11.8. The number of ether oxygens (including phenoxy) is 1. The van der Waals surface area contributed by atoms with Gasteiger partial charge in [-0.1, -0.05) is 29.3 Å². The van der Waals surface area contributed by atoms with E-state index in [-0.39, 0.29) is 27.1 Å². The molecule has 2 nitrogen and oxygen atoms in total. The van der Waals surface area contributed by atoms with E-state index in [0.717, 1.165) is 12.1 Å². The molecule has 0 amide bonds. The summed E-state index contributed by atoms with van der Waals surface area (Å²) < 4.78 is 43.2. The molecule has 0 N–H and O–H groups in total. The Kier molecular flexibility index (Phi) is 4.31. The Balaban J connectivity index is 2.38. The Labute approximate surface area is 128 Å². The molecule has 2 rings (SSSR count). The van der Waals surface area contributed by atoms with E-state index in [1.807, 2.05) is 6.07 Å². The average Bonchev–Trinajstić information content (AvgIpc) is 2.42. The summed E-state index contributed by atoms with van der Waals surface area (Å²) in [5.74, 6) is -0.0602. The first-order valence-electron chi connectivity index (χ1n) is 5.55. The number of hydrogen-bond acceptors (Lipinski definition) is 2. The molecule has 2 aromatic carbocycles. The van der Waals surface area contributed by atoms with Gasteiger partial charge in [-0.2, -0.15) is 18.4 Å². The summed E-state index contributed by atoms with van der Waals surface area (Å²) in [6.45, 7) is 0. The third kappa shape index (κ3) is 3.60. The number of hydrogen-bond donors (Lipinski definition) is 0. The zero-order valence-corrected chi connectivity index (χ0v) is 11.7. The number of rotatable bonds is 2. The molecule has 2 aromatic rings. The zero-order valence-electron chi connectivity index (χ0n) is 10.2. The Morgan fingerprint density at radius 3 is 2.19 bits per heavy atom. The van der Waals surface area contributed by atoms with Crippen LogP contribution in [0.2, 0.25) is 10.0 Å². The second-order valence-electron chi connectivity index (χ2n) is 4.01. The van der Waals surface area contributed by atoms with Gasteiger partial charge in [0.1, 0.15) is 5.75 Å². The quantitative estimate of drug-likeness (QED) is 0.709. The van der Waals surface area contributed by atoms with Gasteiger partial charge in [-0.15, -0.1) is 0 Å². The summed E-state index contributed by atoms with van der Waals surface area (Å²) in [6, 6.07) is 8.81. The van der Waals surface area contributed by atoms with Crippen molar-refractivity contribution in [1.82, 2.24) is 0 Å². The molecule has 7 heteroatoms. The van der Waals surface area contributed by atoms with Crippen LogP contribution in [0.3, 0.4) is 0 Å². The lowest BCUT2D eigenvalue weighted by Crippen LogP contribution is -2.04. The standard InChI is InChI=1S/C14H6Cl2F3NO/c15-11-4-8(7-20)5-12(16)13(11)21-10-3-1-2-9(6-10)14(17,18)19/h1-6H. The van der Waals surface area contributed by atoms with Crippen LogP contribution in [0.1, 0.15) is 11.1 Å². The van der Waals surface area contributed by atoms with Crippen LogP contribution in [0.5, 0.6) is 11.5 Å². The monoisotopic (exact) mass is 331 g/mol. The molecule has 0 bridgehead atoms. The third-order valence-corrected chi connectivity index (χ3v) is 3.07. The van der Waals surface area contributed by atoms with Gasteiger partial charge in [0.2, 0.25) is 0 Å². The van der Waals surface area contributed by atoms with Crippen LogP contribution in [0, 0.1) is 11.3 Å². The predicted molar refractivity (Wildman–Crippen MR) is 72.7 cm³/mol. The van der Waals surface area contributed by atoms with Gasteiger partial charge in [-0.05, 0) is 30.3 Å². The summed E-state index contributed by atoms with van der Waals surface area (Å²) in [4.78, 5) is 0. The minimum absolute atomic E-state index is 0.00309. The molecule has 0 fully saturated rings. The van der Waals surface area contributed by atoms with E-state index in [9.17, 15) is 13.2 Å². The van der Waals surface area contributed by atoms with E-state index in [4.69, 9.17) is 33.2 Å². The van der Waals surface area contributed by atoms with E-state index >= 15 is 0 Å². The molecule has 21 heavy (non-hydrogen) atoms. The molecular weight excluding hydrogens is 326 g/mol. The normalized spacial score (nSPS) is 11.0. The van der Waals surface area contributed by atoms with Gasteiger partial charge >= 0.3 is 6.18 Å². The van der Waals surface area contributed by atoms with Crippen LogP contribution in [0.4, 0.5) is 13.2 Å². The van der Waals surface area contributed by atoms with Crippen molar-refractivity contribution in [3.8, 4) is 17.6 Å². The van der Waals surface area contributed by atoms with E-state index in [0.29, 0.717) is 0 Å². The van der Waals surface area contributed by atoms with E-state index < -0.39 is 11.7 Å². The van der Waals surface area contributed by atoms with Gasteiger partial charge in [0.25, 0.3) is 0 Å². The highest BCUT2D eigenvalue weighted by Crippen LogP contribution is 2.38. The van der Waals surface area contributed by atoms with Crippen molar-refractivity contribution in [3.63, 3.8) is 0 Å². The summed E-state index contributed by atoms with van der Waals surface area (Å²) in [6.07, 6.45) is -4.47. The molecule has 0 radical (unpaired) electrons. The first-order valence-corrected chi connectivity index (χ1v) is 6.31. The molecular formula is C14H6Cl2F3NO. The predicted octanol–water partition coefficient (Wildman–Crippen LogP) is 5.68. The molecule has 108 valence electrons. The van der Waals surface area contributed by atoms with Crippen molar-refractivity contribution in [1.29, 1.82) is 5.26 Å². The van der Waals surface area contributed by atoms with Gasteiger partial charge < -0.3 is 4.74 Å². The number of nitriles is 1. The SMILES string of the molecule is N#Cc1cc(Cl)c(Oc2cccc(C(F)(F)F)c2)c(Cl)c1. The topological polar surface area (TPSA) is 33.0 Å². The van der Waals surface area contributed by atoms with Crippen molar-refractivity contribution >= 4 is 23.2 Å². The van der Waals surface area contributed by atoms with E-state index in [1.54, 1.807) is 0 Å². The Morgan fingerprint density at radius 1 is 1.05 bits per heavy atom. The molecule has 0 aliphatic heterocycles. The highest BCUT2D eigenvalue weighted by atomic mass is 35.5. The molecule has 0 aromatic heterocycles. The first-order chi connectivity index (χ1) is 9.81. The molecule has 0 unspecified atom stereocenters. The maximum Gasteiger partial charge on any atom is 0.416 e. The highest BCUT2D eigenvalue weighted by molar-refractivity contribution is 6.37. The lowest BCUT2D eigenvalue weighted by atomic mass is 10.2. The van der Waals surface area contributed by atoms with Gasteiger partial charge in [-0.25, -0.2) is 0 Å². The number of halogens is 5. The van der Waals surface area contributed by atoms with Gasteiger partial charge in [0.15, 0.2) is 5.75 Å². The van der Waals surface area contributed by atoms with Crippen molar-refractivity contribution in [3.05, 3.63) is 57.6 Å². The smallest absolute Gasteiger partial charge is 0.416 e. The summed E-state index contributed by atoms with van der Waals surface area (Å²) in [5, 5.41) is 8.84. The van der Waals surface area contributed by atoms with Crippen molar-refractivity contribution in [2.24, 2.45) is 0 Å². The summed E-state index contributed by atoms with van der Waals surface area (Å²) in [7, 11) is 0. The fraction of sp³-hybridized carbons (Fsp3) is 0.0714. The van der Waals surface area contributed by atoms with Gasteiger partial charge in [-0.3, -0.25) is 0 Å². The van der Waals surface area contributed by atoms with Gasteiger partial charge in [0.05, 0.1) is 27.2 Å². The van der Waals surface area contributed by atoms with Gasteiger partial charge in [0, 0.05) is 0 Å². The van der Waals surface area contributed by atoms with Crippen LogP contribution >= 0.6 is 23.2 Å². The van der Waals surface area contributed by atoms with Crippen molar-refractivity contribution in [2.45, 2.75) is 6.18 Å². The minimum Gasteiger partial charge on any atom is -0.454 e. The molecule has 0 atom stereocenters. The van der Waals surface area contributed by atoms with Crippen LogP contribution in [0.15, 0.2) is 36.4 Å². The Bertz CT molecular complexity index is 700. The van der Waals surface area contributed by atoms with Crippen LogP contribution < -0.4 is 4.74 Å². The molecule has 0 heterocycles. The maximum atomic E-state index is 12.6. The van der Waals surface area contributed by atoms with E-state index in [1.165, 1.54) is 24.3 Å². The number of alkyl halides is 3.